The zero-order valence-corrected chi connectivity index (χ0v) is 12.1. The summed E-state index contributed by atoms with van der Waals surface area (Å²) in [7, 11) is 0. The molecule has 20 heavy (non-hydrogen) atoms. The molecule has 2 amide bonds. The Balaban J connectivity index is 1.59. The molecule has 5 nitrogen and oxygen atoms in total. The standard InChI is InChI=1S/C15H26N2O3/c18-13-7-3-4-11(8-13)9-16-14(19)10-17-15(20)12-5-1-2-6-12/h11-13,18H,1-10H2,(H,16,19)(H,17,20). The molecule has 5 heteroatoms. The Kier molecular flexibility index (Phi) is 5.83. The zero-order valence-electron chi connectivity index (χ0n) is 12.1. The molecule has 3 N–H and O–H groups in total. The lowest BCUT2D eigenvalue weighted by atomic mass is 9.87. The monoisotopic (exact) mass is 282 g/mol. The first-order valence-corrected chi connectivity index (χ1v) is 7.87. The predicted octanol–water partition coefficient (Wildman–Crippen LogP) is 0.960. The Hall–Kier alpha value is -1.10. The summed E-state index contributed by atoms with van der Waals surface area (Å²) in [5.41, 5.74) is 0. The average Bonchev–Trinajstić information content (AvgIpc) is 2.97. The van der Waals surface area contributed by atoms with Crippen LogP contribution in [-0.4, -0.2) is 36.1 Å². The Bertz CT molecular complexity index is 340. The average molecular weight is 282 g/mol. The minimum Gasteiger partial charge on any atom is -0.393 e. The van der Waals surface area contributed by atoms with Crippen molar-refractivity contribution >= 4 is 11.8 Å². The summed E-state index contributed by atoms with van der Waals surface area (Å²) in [6, 6.07) is 0. The second-order valence-corrected chi connectivity index (χ2v) is 6.19. The first-order valence-electron chi connectivity index (χ1n) is 7.87. The van der Waals surface area contributed by atoms with E-state index in [1.165, 1.54) is 0 Å². The largest absolute Gasteiger partial charge is 0.393 e. The highest BCUT2D eigenvalue weighted by Crippen LogP contribution is 2.24. The van der Waals surface area contributed by atoms with Gasteiger partial charge in [0.15, 0.2) is 0 Å². The normalized spacial score (nSPS) is 27.2. The Morgan fingerprint density at radius 2 is 1.75 bits per heavy atom. The minimum absolute atomic E-state index is 0.0192. The lowest BCUT2D eigenvalue weighted by Gasteiger charge is -2.25. The second kappa shape index (κ2) is 7.62. The first-order chi connectivity index (χ1) is 9.65. The molecule has 0 saturated heterocycles. The van der Waals surface area contributed by atoms with Crippen LogP contribution in [0.5, 0.6) is 0 Å². The van der Waals surface area contributed by atoms with Gasteiger partial charge in [0.2, 0.25) is 11.8 Å². The van der Waals surface area contributed by atoms with Crippen molar-refractivity contribution in [3.8, 4) is 0 Å². The van der Waals surface area contributed by atoms with Crippen molar-refractivity contribution in [1.29, 1.82) is 0 Å². The molecule has 2 atom stereocenters. The highest BCUT2D eigenvalue weighted by Gasteiger charge is 2.23. The van der Waals surface area contributed by atoms with Gasteiger partial charge < -0.3 is 15.7 Å². The van der Waals surface area contributed by atoms with Gasteiger partial charge in [0, 0.05) is 12.5 Å². The number of amides is 2. The third-order valence-corrected chi connectivity index (χ3v) is 4.49. The molecule has 2 aliphatic carbocycles. The molecule has 2 rings (SSSR count). The molecule has 0 spiro atoms. The molecule has 0 aromatic heterocycles. The van der Waals surface area contributed by atoms with Gasteiger partial charge in [-0.05, 0) is 38.0 Å². The first kappa shape index (κ1) is 15.3. The van der Waals surface area contributed by atoms with Gasteiger partial charge in [-0.1, -0.05) is 19.3 Å². The van der Waals surface area contributed by atoms with E-state index in [1.54, 1.807) is 0 Å². The van der Waals surface area contributed by atoms with Crippen LogP contribution >= 0.6 is 0 Å². The van der Waals surface area contributed by atoms with Crippen molar-refractivity contribution in [3.05, 3.63) is 0 Å². The van der Waals surface area contributed by atoms with Crippen molar-refractivity contribution < 1.29 is 14.7 Å². The van der Waals surface area contributed by atoms with Crippen LogP contribution in [0.3, 0.4) is 0 Å². The smallest absolute Gasteiger partial charge is 0.239 e. The van der Waals surface area contributed by atoms with Gasteiger partial charge in [0.25, 0.3) is 0 Å². The summed E-state index contributed by atoms with van der Waals surface area (Å²) in [5, 5.41) is 15.1. The van der Waals surface area contributed by atoms with Crippen molar-refractivity contribution in [1.82, 2.24) is 10.6 Å². The van der Waals surface area contributed by atoms with Crippen LogP contribution in [-0.2, 0) is 9.59 Å². The Labute approximate surface area is 120 Å². The van der Waals surface area contributed by atoms with Crippen LogP contribution in [0, 0.1) is 11.8 Å². The van der Waals surface area contributed by atoms with E-state index in [4.69, 9.17) is 0 Å². The molecule has 2 unspecified atom stereocenters. The van der Waals surface area contributed by atoms with E-state index in [2.05, 4.69) is 10.6 Å². The summed E-state index contributed by atoms with van der Waals surface area (Å²) >= 11 is 0. The molecule has 0 bridgehead atoms. The summed E-state index contributed by atoms with van der Waals surface area (Å²) in [5.74, 6) is 0.367. The fourth-order valence-electron chi connectivity index (χ4n) is 3.27. The number of nitrogens with one attached hydrogen (secondary N) is 2. The lowest BCUT2D eigenvalue weighted by Crippen LogP contribution is -2.41. The number of aliphatic hydroxyl groups excluding tert-OH is 1. The number of hydrogen-bond acceptors (Lipinski definition) is 3. The van der Waals surface area contributed by atoms with Crippen LogP contribution in [0.15, 0.2) is 0 Å². The van der Waals surface area contributed by atoms with Gasteiger partial charge in [-0.15, -0.1) is 0 Å². The molecule has 114 valence electrons. The lowest BCUT2D eigenvalue weighted by molar-refractivity contribution is -0.128. The summed E-state index contributed by atoms with van der Waals surface area (Å²) in [6.45, 7) is 0.680. The van der Waals surface area contributed by atoms with Gasteiger partial charge in [0.05, 0.1) is 12.6 Å². The molecule has 0 aliphatic heterocycles. The maximum Gasteiger partial charge on any atom is 0.239 e. The number of hydrogen-bond donors (Lipinski definition) is 3. The number of rotatable bonds is 5. The van der Waals surface area contributed by atoms with E-state index in [0.717, 1.165) is 51.4 Å². The van der Waals surface area contributed by atoms with Crippen LogP contribution in [0.25, 0.3) is 0 Å². The molecule has 2 saturated carbocycles. The van der Waals surface area contributed by atoms with Crippen molar-refractivity contribution in [2.45, 2.75) is 57.5 Å². The second-order valence-electron chi connectivity index (χ2n) is 6.19. The molecule has 0 heterocycles. The molecular formula is C15H26N2O3. The predicted molar refractivity (Wildman–Crippen MR) is 75.9 cm³/mol. The van der Waals surface area contributed by atoms with Crippen LogP contribution in [0.4, 0.5) is 0 Å². The van der Waals surface area contributed by atoms with E-state index >= 15 is 0 Å². The number of carbonyl (C=O) groups is 2. The van der Waals surface area contributed by atoms with Gasteiger partial charge in [-0.25, -0.2) is 0 Å². The van der Waals surface area contributed by atoms with E-state index in [0.29, 0.717) is 12.5 Å². The van der Waals surface area contributed by atoms with E-state index in [-0.39, 0.29) is 30.4 Å². The Morgan fingerprint density at radius 3 is 2.45 bits per heavy atom. The third kappa shape index (κ3) is 4.78. The molecule has 2 fully saturated rings. The van der Waals surface area contributed by atoms with Gasteiger partial charge in [-0.2, -0.15) is 0 Å². The molecule has 2 aliphatic rings. The van der Waals surface area contributed by atoms with Gasteiger partial charge in [-0.3, -0.25) is 9.59 Å². The van der Waals surface area contributed by atoms with E-state index < -0.39 is 0 Å². The maximum atomic E-state index is 11.8. The summed E-state index contributed by atoms with van der Waals surface area (Å²) < 4.78 is 0. The number of carbonyl (C=O) groups excluding carboxylic acids is 2. The highest BCUT2D eigenvalue weighted by atomic mass is 16.3. The quantitative estimate of drug-likeness (QED) is 0.703. The van der Waals surface area contributed by atoms with Crippen molar-refractivity contribution in [2.75, 3.05) is 13.1 Å². The van der Waals surface area contributed by atoms with Crippen LogP contribution in [0.2, 0.25) is 0 Å². The molecule has 0 aromatic carbocycles. The number of aliphatic hydroxyl groups is 1. The molecule has 0 aromatic rings. The Morgan fingerprint density at radius 1 is 1.00 bits per heavy atom. The van der Waals surface area contributed by atoms with Crippen molar-refractivity contribution in [3.63, 3.8) is 0 Å². The summed E-state index contributed by atoms with van der Waals surface area (Å²) in [4.78, 5) is 23.5. The van der Waals surface area contributed by atoms with Gasteiger partial charge in [0.1, 0.15) is 0 Å². The molecule has 0 radical (unpaired) electrons. The van der Waals surface area contributed by atoms with E-state index in [9.17, 15) is 14.7 Å². The fourth-order valence-corrected chi connectivity index (χ4v) is 3.27. The maximum absolute atomic E-state index is 11.8. The summed E-state index contributed by atoms with van der Waals surface area (Å²) in [6.07, 6.45) is 7.67. The molecular weight excluding hydrogens is 256 g/mol. The minimum atomic E-state index is -0.215. The highest BCUT2D eigenvalue weighted by molar-refractivity contribution is 5.85. The van der Waals surface area contributed by atoms with E-state index in [1.807, 2.05) is 0 Å². The fraction of sp³-hybridized carbons (Fsp3) is 0.867. The van der Waals surface area contributed by atoms with Crippen molar-refractivity contribution in [2.24, 2.45) is 11.8 Å². The zero-order chi connectivity index (χ0) is 14.4. The SMILES string of the molecule is O=C(CNC(=O)C1CCCC1)NCC1CCCC(O)C1. The van der Waals surface area contributed by atoms with Gasteiger partial charge >= 0.3 is 0 Å². The van der Waals surface area contributed by atoms with Crippen LogP contribution < -0.4 is 10.6 Å². The van der Waals surface area contributed by atoms with Crippen LogP contribution in [0.1, 0.15) is 51.4 Å². The third-order valence-electron chi connectivity index (χ3n) is 4.49. The topological polar surface area (TPSA) is 78.4 Å².